The van der Waals surface area contributed by atoms with Crippen LogP contribution in [0.1, 0.15) is 22.0 Å². The number of hydrogen-bond acceptors (Lipinski definition) is 3. The van der Waals surface area contributed by atoms with Crippen molar-refractivity contribution in [2.24, 2.45) is 0 Å². The highest BCUT2D eigenvalue weighted by atomic mass is 35.5. The number of para-hydroxylation sites is 1. The summed E-state index contributed by atoms with van der Waals surface area (Å²) in [6.07, 6.45) is 0. The van der Waals surface area contributed by atoms with Gasteiger partial charge in [-0.3, -0.25) is 4.79 Å². The third-order valence-corrected chi connectivity index (χ3v) is 6.99. The summed E-state index contributed by atoms with van der Waals surface area (Å²) in [6, 6.07) is 29.9. The van der Waals surface area contributed by atoms with Crippen LogP contribution in [0.15, 0.2) is 97.1 Å². The average Bonchev–Trinajstić information content (AvgIpc) is 2.89. The Balaban J connectivity index is 1.41. The highest BCUT2D eigenvalue weighted by Gasteiger charge is 2.32. The Labute approximate surface area is 225 Å². The van der Waals surface area contributed by atoms with E-state index in [1.54, 1.807) is 12.1 Å². The third kappa shape index (κ3) is 5.46. The van der Waals surface area contributed by atoms with E-state index < -0.39 is 0 Å². The van der Waals surface area contributed by atoms with Crippen LogP contribution in [0.3, 0.4) is 0 Å². The lowest BCUT2D eigenvalue weighted by Gasteiger charge is -2.43. The maximum atomic E-state index is 13.6. The number of piperazine rings is 1. The average molecular weight is 538 g/mol. The first-order valence-corrected chi connectivity index (χ1v) is 12.7. The molecule has 36 heavy (non-hydrogen) atoms. The molecule has 182 valence electrons. The molecule has 5 rings (SSSR count). The molecule has 0 saturated carbocycles. The van der Waals surface area contributed by atoms with Crippen LogP contribution >= 0.6 is 34.8 Å². The van der Waals surface area contributed by atoms with Crippen molar-refractivity contribution in [2.75, 3.05) is 24.5 Å². The molecule has 1 fully saturated rings. The Morgan fingerprint density at radius 3 is 2.22 bits per heavy atom. The van der Waals surface area contributed by atoms with Crippen molar-refractivity contribution in [3.63, 3.8) is 0 Å². The van der Waals surface area contributed by atoms with E-state index >= 15 is 0 Å². The third-order valence-electron chi connectivity index (χ3n) is 6.20. The van der Waals surface area contributed by atoms with Gasteiger partial charge in [0, 0.05) is 35.2 Å². The van der Waals surface area contributed by atoms with E-state index in [1.807, 2.05) is 89.8 Å². The lowest BCUT2D eigenvalue weighted by Crippen LogP contribution is -2.50. The van der Waals surface area contributed by atoms with Crippen LogP contribution in [0, 0.1) is 0 Å². The molecule has 0 spiro atoms. The largest absolute Gasteiger partial charge is 0.457 e. The molecule has 7 heteroatoms. The molecular weight excluding hydrogens is 515 g/mol. The number of carbonyl (C=O) groups excluding carboxylic acids is 1. The highest BCUT2D eigenvalue weighted by Crippen LogP contribution is 2.37. The van der Waals surface area contributed by atoms with Crippen LogP contribution in [0.5, 0.6) is 11.5 Å². The van der Waals surface area contributed by atoms with Crippen LogP contribution in [0.2, 0.25) is 15.1 Å². The van der Waals surface area contributed by atoms with E-state index in [4.69, 9.17) is 39.5 Å². The molecule has 0 bridgehead atoms. The predicted molar refractivity (Wildman–Crippen MR) is 147 cm³/mol. The summed E-state index contributed by atoms with van der Waals surface area (Å²) < 4.78 is 5.94. The summed E-state index contributed by atoms with van der Waals surface area (Å²) in [5, 5.41) is 1.82. The van der Waals surface area contributed by atoms with E-state index in [0.29, 0.717) is 46.0 Å². The van der Waals surface area contributed by atoms with Crippen molar-refractivity contribution in [3.8, 4) is 11.5 Å². The number of anilines is 1. The zero-order valence-corrected chi connectivity index (χ0v) is 21.5. The first kappa shape index (κ1) is 24.5. The first-order valence-electron chi connectivity index (χ1n) is 11.6. The highest BCUT2D eigenvalue weighted by molar-refractivity contribution is 6.36. The maximum absolute atomic E-state index is 13.6. The fourth-order valence-electron chi connectivity index (χ4n) is 4.44. The molecule has 4 aromatic carbocycles. The molecule has 4 aromatic rings. The summed E-state index contributed by atoms with van der Waals surface area (Å²) in [7, 11) is 0. The number of ether oxygens (including phenoxy) is 1. The molecule has 1 heterocycles. The molecule has 1 unspecified atom stereocenters. The molecule has 1 amide bonds. The second-order valence-corrected chi connectivity index (χ2v) is 9.83. The van der Waals surface area contributed by atoms with Gasteiger partial charge < -0.3 is 14.5 Å². The second-order valence-electron chi connectivity index (χ2n) is 8.55. The van der Waals surface area contributed by atoms with Gasteiger partial charge in [0.15, 0.2) is 0 Å². The van der Waals surface area contributed by atoms with Gasteiger partial charge in [0.1, 0.15) is 11.5 Å². The lowest BCUT2D eigenvalue weighted by atomic mass is 10.0. The summed E-state index contributed by atoms with van der Waals surface area (Å²) in [6.45, 7) is 1.65. The van der Waals surface area contributed by atoms with E-state index in [2.05, 4.69) is 4.90 Å². The van der Waals surface area contributed by atoms with E-state index in [9.17, 15) is 4.79 Å². The van der Waals surface area contributed by atoms with Gasteiger partial charge in [-0.2, -0.15) is 0 Å². The van der Waals surface area contributed by atoms with Gasteiger partial charge in [-0.25, -0.2) is 0 Å². The molecule has 0 aliphatic carbocycles. The molecule has 1 aliphatic rings. The Morgan fingerprint density at radius 2 is 1.47 bits per heavy atom. The quantitative estimate of drug-likeness (QED) is 0.257. The van der Waals surface area contributed by atoms with Crippen molar-refractivity contribution in [3.05, 3.63) is 123 Å². The molecule has 1 atom stereocenters. The van der Waals surface area contributed by atoms with Crippen molar-refractivity contribution < 1.29 is 9.53 Å². The van der Waals surface area contributed by atoms with Gasteiger partial charge in [-0.05, 0) is 66.2 Å². The summed E-state index contributed by atoms with van der Waals surface area (Å²) in [5.74, 6) is 1.29. The van der Waals surface area contributed by atoms with Gasteiger partial charge in [0.05, 0.1) is 16.8 Å². The molecule has 1 saturated heterocycles. The minimum atomic E-state index is -0.109. The van der Waals surface area contributed by atoms with Crippen molar-refractivity contribution in [2.45, 2.75) is 6.04 Å². The molecule has 0 N–H and O–H groups in total. The van der Waals surface area contributed by atoms with Crippen LogP contribution in [0.4, 0.5) is 5.69 Å². The van der Waals surface area contributed by atoms with Gasteiger partial charge in [0.25, 0.3) is 5.91 Å². The standard InChI is InChI=1S/C29H23Cl3N2O2/c30-22-11-9-20(10-12-22)28-19-33(15-16-34(28)27-14-13-23(31)18-26(27)32)29(35)21-5-4-8-25(17-21)36-24-6-2-1-3-7-24/h1-14,17-18,28H,15-16,19H2. The van der Waals surface area contributed by atoms with E-state index in [1.165, 1.54) is 0 Å². The van der Waals surface area contributed by atoms with Crippen LogP contribution in [-0.4, -0.2) is 30.4 Å². The molecule has 1 aliphatic heterocycles. The zero-order valence-electron chi connectivity index (χ0n) is 19.3. The Bertz CT molecular complexity index is 1360. The van der Waals surface area contributed by atoms with E-state index in [0.717, 1.165) is 17.0 Å². The summed E-state index contributed by atoms with van der Waals surface area (Å²) in [4.78, 5) is 17.7. The monoisotopic (exact) mass is 536 g/mol. The van der Waals surface area contributed by atoms with Crippen LogP contribution < -0.4 is 9.64 Å². The topological polar surface area (TPSA) is 32.8 Å². The molecule has 4 nitrogen and oxygen atoms in total. The number of amides is 1. The van der Waals surface area contributed by atoms with E-state index in [-0.39, 0.29) is 11.9 Å². The Hall–Kier alpha value is -3.18. The van der Waals surface area contributed by atoms with Crippen molar-refractivity contribution >= 4 is 46.4 Å². The second kappa shape index (κ2) is 10.8. The smallest absolute Gasteiger partial charge is 0.254 e. The normalized spacial score (nSPS) is 15.6. The minimum absolute atomic E-state index is 0.0469. The van der Waals surface area contributed by atoms with Gasteiger partial charge in [-0.15, -0.1) is 0 Å². The van der Waals surface area contributed by atoms with Crippen molar-refractivity contribution in [1.82, 2.24) is 4.90 Å². The van der Waals surface area contributed by atoms with Crippen molar-refractivity contribution in [1.29, 1.82) is 0 Å². The van der Waals surface area contributed by atoms with Gasteiger partial charge in [0.2, 0.25) is 0 Å². The number of benzene rings is 4. The molecular formula is C29H23Cl3N2O2. The van der Waals surface area contributed by atoms with Crippen LogP contribution in [-0.2, 0) is 0 Å². The fourth-order valence-corrected chi connectivity index (χ4v) is 5.08. The predicted octanol–water partition coefficient (Wildman–Crippen LogP) is 8.14. The summed E-state index contributed by atoms with van der Waals surface area (Å²) in [5.41, 5.74) is 2.51. The van der Waals surface area contributed by atoms with Gasteiger partial charge in [-0.1, -0.05) is 71.2 Å². The SMILES string of the molecule is O=C(c1cccc(Oc2ccccc2)c1)N1CCN(c2ccc(Cl)cc2Cl)C(c2ccc(Cl)cc2)C1. The zero-order chi connectivity index (χ0) is 25.1. The number of halogens is 3. The summed E-state index contributed by atoms with van der Waals surface area (Å²) >= 11 is 18.9. The number of rotatable bonds is 5. The Morgan fingerprint density at radius 1 is 0.750 bits per heavy atom. The number of hydrogen-bond donors (Lipinski definition) is 0. The lowest BCUT2D eigenvalue weighted by molar-refractivity contribution is 0.0721. The molecule has 0 radical (unpaired) electrons. The van der Waals surface area contributed by atoms with Gasteiger partial charge >= 0.3 is 0 Å². The molecule has 0 aromatic heterocycles. The first-order chi connectivity index (χ1) is 17.5. The minimum Gasteiger partial charge on any atom is -0.457 e. The fraction of sp³-hybridized carbons (Fsp3) is 0.138. The van der Waals surface area contributed by atoms with Crippen LogP contribution in [0.25, 0.3) is 0 Å². The number of carbonyl (C=O) groups is 1. The Kier molecular flexibility index (Phi) is 7.38. The maximum Gasteiger partial charge on any atom is 0.254 e. The number of nitrogens with zero attached hydrogens (tertiary/aromatic N) is 2.